The van der Waals surface area contributed by atoms with Gasteiger partial charge in [-0.25, -0.2) is 4.98 Å². The SMILES string of the molecule is CC1(C)OCC(CNC(=O)c2ccc(Br)nc2)O1. The molecule has 0 aliphatic carbocycles. The first-order valence-electron chi connectivity index (χ1n) is 5.68. The van der Waals surface area contributed by atoms with Gasteiger partial charge in [0.1, 0.15) is 10.7 Å². The number of hydrogen-bond acceptors (Lipinski definition) is 4. The number of hydrogen-bond donors (Lipinski definition) is 1. The number of ether oxygens (including phenoxy) is 2. The zero-order valence-electron chi connectivity index (χ0n) is 10.3. The van der Waals surface area contributed by atoms with E-state index in [9.17, 15) is 4.79 Å². The number of halogens is 1. The standard InChI is InChI=1S/C12H15BrN2O3/c1-12(2)17-7-9(18-12)6-15-11(16)8-3-4-10(13)14-5-8/h3-5,9H,6-7H2,1-2H3,(H,15,16). The summed E-state index contributed by atoms with van der Waals surface area (Å²) in [5, 5.41) is 2.80. The third-order valence-corrected chi connectivity index (χ3v) is 3.02. The summed E-state index contributed by atoms with van der Waals surface area (Å²) in [5.74, 6) is -0.725. The first-order chi connectivity index (χ1) is 8.46. The summed E-state index contributed by atoms with van der Waals surface area (Å²) in [4.78, 5) is 15.8. The van der Waals surface area contributed by atoms with Crippen LogP contribution in [-0.4, -0.2) is 35.9 Å². The largest absolute Gasteiger partial charge is 0.349 e. The highest BCUT2D eigenvalue weighted by molar-refractivity contribution is 9.10. The highest BCUT2D eigenvalue weighted by atomic mass is 79.9. The molecule has 1 aliphatic rings. The summed E-state index contributed by atoms with van der Waals surface area (Å²) in [5.41, 5.74) is 0.524. The second kappa shape index (κ2) is 5.34. The van der Waals surface area contributed by atoms with Gasteiger partial charge in [0.05, 0.1) is 12.2 Å². The smallest absolute Gasteiger partial charge is 0.252 e. The Hall–Kier alpha value is -0.980. The van der Waals surface area contributed by atoms with Crippen LogP contribution < -0.4 is 5.32 Å². The van der Waals surface area contributed by atoms with E-state index >= 15 is 0 Å². The van der Waals surface area contributed by atoms with Crippen molar-refractivity contribution < 1.29 is 14.3 Å². The Balaban J connectivity index is 1.84. The van der Waals surface area contributed by atoms with Crippen molar-refractivity contribution in [3.05, 3.63) is 28.5 Å². The van der Waals surface area contributed by atoms with Crippen LogP contribution in [-0.2, 0) is 9.47 Å². The maximum absolute atomic E-state index is 11.8. The molecule has 0 bridgehead atoms. The van der Waals surface area contributed by atoms with Gasteiger partial charge in [0.15, 0.2) is 5.79 Å². The van der Waals surface area contributed by atoms with Crippen LogP contribution in [0.3, 0.4) is 0 Å². The van der Waals surface area contributed by atoms with Crippen LogP contribution in [0.2, 0.25) is 0 Å². The molecule has 0 saturated carbocycles. The highest BCUT2D eigenvalue weighted by Gasteiger charge is 2.32. The van der Waals surface area contributed by atoms with E-state index in [2.05, 4.69) is 26.2 Å². The zero-order valence-corrected chi connectivity index (χ0v) is 11.9. The molecule has 2 rings (SSSR count). The van der Waals surface area contributed by atoms with E-state index < -0.39 is 5.79 Å². The summed E-state index contributed by atoms with van der Waals surface area (Å²) in [7, 11) is 0. The maximum atomic E-state index is 11.8. The summed E-state index contributed by atoms with van der Waals surface area (Å²) >= 11 is 3.22. The molecule has 1 aromatic heterocycles. The van der Waals surface area contributed by atoms with Gasteiger partial charge in [0.25, 0.3) is 5.91 Å². The van der Waals surface area contributed by atoms with Gasteiger partial charge in [-0.1, -0.05) is 0 Å². The molecule has 1 N–H and O–H groups in total. The van der Waals surface area contributed by atoms with Crippen molar-refractivity contribution in [1.82, 2.24) is 10.3 Å². The third kappa shape index (κ3) is 3.51. The molecule has 1 fully saturated rings. The fourth-order valence-electron chi connectivity index (χ4n) is 1.68. The van der Waals surface area contributed by atoms with Crippen LogP contribution in [0.5, 0.6) is 0 Å². The van der Waals surface area contributed by atoms with Gasteiger partial charge in [-0.2, -0.15) is 0 Å². The summed E-state index contributed by atoms with van der Waals surface area (Å²) < 4.78 is 11.7. The molecule has 98 valence electrons. The average molecular weight is 315 g/mol. The summed E-state index contributed by atoms with van der Waals surface area (Å²) in [6, 6.07) is 3.44. The first kappa shape index (κ1) is 13.5. The van der Waals surface area contributed by atoms with Crippen molar-refractivity contribution in [3.8, 4) is 0 Å². The second-order valence-corrected chi connectivity index (χ2v) is 5.34. The lowest BCUT2D eigenvalue weighted by Gasteiger charge is -2.17. The van der Waals surface area contributed by atoms with Crippen molar-refractivity contribution in [2.45, 2.75) is 25.7 Å². The van der Waals surface area contributed by atoms with Crippen molar-refractivity contribution >= 4 is 21.8 Å². The van der Waals surface area contributed by atoms with E-state index in [4.69, 9.17) is 9.47 Å². The molecular formula is C12H15BrN2O3. The molecule has 1 unspecified atom stereocenters. The average Bonchev–Trinajstić information content (AvgIpc) is 2.67. The number of amides is 1. The van der Waals surface area contributed by atoms with E-state index in [0.29, 0.717) is 23.3 Å². The lowest BCUT2D eigenvalue weighted by molar-refractivity contribution is -0.137. The normalized spacial score (nSPS) is 21.8. The Kier molecular flexibility index (Phi) is 3.99. The Morgan fingerprint density at radius 2 is 2.39 bits per heavy atom. The molecule has 1 saturated heterocycles. The summed E-state index contributed by atoms with van der Waals surface area (Å²) in [6.45, 7) is 4.63. The molecule has 18 heavy (non-hydrogen) atoms. The quantitative estimate of drug-likeness (QED) is 0.863. The number of carbonyl (C=O) groups is 1. The minimum atomic E-state index is -0.561. The molecule has 1 aromatic rings. The van der Waals surface area contributed by atoms with Crippen molar-refractivity contribution in [1.29, 1.82) is 0 Å². The van der Waals surface area contributed by atoms with Gasteiger partial charge in [-0.15, -0.1) is 0 Å². The Bertz CT molecular complexity index is 433. The lowest BCUT2D eigenvalue weighted by atomic mass is 10.2. The van der Waals surface area contributed by atoms with E-state index in [1.165, 1.54) is 6.20 Å². The van der Waals surface area contributed by atoms with Crippen molar-refractivity contribution in [2.24, 2.45) is 0 Å². The number of pyridine rings is 1. The number of aromatic nitrogens is 1. The minimum absolute atomic E-state index is 0.104. The molecule has 0 aromatic carbocycles. The molecule has 2 heterocycles. The van der Waals surface area contributed by atoms with Crippen LogP contribution in [0.1, 0.15) is 24.2 Å². The van der Waals surface area contributed by atoms with E-state index in [0.717, 1.165) is 0 Å². The topological polar surface area (TPSA) is 60.5 Å². The van der Waals surface area contributed by atoms with Gasteiger partial charge in [-0.3, -0.25) is 4.79 Å². The summed E-state index contributed by atoms with van der Waals surface area (Å²) in [6.07, 6.45) is 1.42. The fraction of sp³-hybridized carbons (Fsp3) is 0.500. The Morgan fingerprint density at radius 1 is 1.61 bits per heavy atom. The predicted octanol–water partition coefficient (Wildman–Crippen LogP) is 1.73. The zero-order chi connectivity index (χ0) is 13.2. The highest BCUT2D eigenvalue weighted by Crippen LogP contribution is 2.21. The molecule has 5 nitrogen and oxygen atoms in total. The maximum Gasteiger partial charge on any atom is 0.252 e. The van der Waals surface area contributed by atoms with E-state index in [1.54, 1.807) is 12.1 Å². The molecule has 0 spiro atoms. The Labute approximate surface area is 114 Å². The Morgan fingerprint density at radius 3 is 2.94 bits per heavy atom. The van der Waals surface area contributed by atoms with Gasteiger partial charge in [-0.05, 0) is 41.9 Å². The first-order valence-corrected chi connectivity index (χ1v) is 6.47. The molecule has 6 heteroatoms. The third-order valence-electron chi connectivity index (χ3n) is 2.55. The molecular weight excluding hydrogens is 300 g/mol. The predicted molar refractivity (Wildman–Crippen MR) is 69.2 cm³/mol. The van der Waals surface area contributed by atoms with Gasteiger partial charge in [0.2, 0.25) is 0 Å². The number of nitrogens with zero attached hydrogens (tertiary/aromatic N) is 1. The van der Waals surface area contributed by atoms with Gasteiger partial charge < -0.3 is 14.8 Å². The van der Waals surface area contributed by atoms with E-state index in [1.807, 2.05) is 13.8 Å². The fourth-order valence-corrected chi connectivity index (χ4v) is 1.92. The number of nitrogens with one attached hydrogen (secondary N) is 1. The lowest BCUT2D eigenvalue weighted by Crippen LogP contribution is -2.34. The van der Waals surface area contributed by atoms with Crippen LogP contribution in [0.4, 0.5) is 0 Å². The molecule has 0 radical (unpaired) electrons. The van der Waals surface area contributed by atoms with Gasteiger partial charge in [0, 0.05) is 12.7 Å². The molecule has 1 atom stereocenters. The monoisotopic (exact) mass is 314 g/mol. The number of carbonyl (C=O) groups excluding carboxylic acids is 1. The van der Waals surface area contributed by atoms with E-state index in [-0.39, 0.29) is 12.0 Å². The molecule has 1 aliphatic heterocycles. The van der Waals surface area contributed by atoms with Crippen LogP contribution in [0.15, 0.2) is 22.9 Å². The minimum Gasteiger partial charge on any atom is -0.349 e. The molecule has 1 amide bonds. The van der Waals surface area contributed by atoms with Crippen LogP contribution in [0.25, 0.3) is 0 Å². The number of rotatable bonds is 3. The second-order valence-electron chi connectivity index (χ2n) is 4.53. The van der Waals surface area contributed by atoms with Crippen LogP contribution in [0, 0.1) is 0 Å². The van der Waals surface area contributed by atoms with Crippen molar-refractivity contribution in [3.63, 3.8) is 0 Å². The van der Waals surface area contributed by atoms with Crippen molar-refractivity contribution in [2.75, 3.05) is 13.2 Å². The van der Waals surface area contributed by atoms with Crippen LogP contribution >= 0.6 is 15.9 Å². The van der Waals surface area contributed by atoms with Gasteiger partial charge >= 0.3 is 0 Å².